The molecule has 112 valence electrons. The molecule has 0 amide bonds. The predicted octanol–water partition coefficient (Wildman–Crippen LogP) is 3.07. The number of nitrogens with zero attached hydrogens (tertiary/aromatic N) is 1. The van der Waals surface area contributed by atoms with E-state index in [1.54, 1.807) is 0 Å². The molecule has 0 aromatic heterocycles. The van der Waals surface area contributed by atoms with Crippen LogP contribution < -0.4 is 10.1 Å². The molecule has 0 aliphatic rings. The van der Waals surface area contributed by atoms with Gasteiger partial charge in [-0.2, -0.15) is 0 Å². The second-order valence-electron chi connectivity index (χ2n) is 5.11. The summed E-state index contributed by atoms with van der Waals surface area (Å²) in [6, 6.07) is 8.74. The smallest absolute Gasteiger partial charge is 0.123 e. The van der Waals surface area contributed by atoms with Gasteiger partial charge in [0.25, 0.3) is 0 Å². The monoisotopic (exact) mass is 276 g/mol. The van der Waals surface area contributed by atoms with Crippen molar-refractivity contribution in [3.8, 4) is 5.75 Å². The maximum absolute atomic E-state index is 5.95. The van der Waals surface area contributed by atoms with Gasteiger partial charge in [0, 0.05) is 31.2 Å². The Morgan fingerprint density at radius 3 is 2.75 bits per heavy atom. The van der Waals surface area contributed by atoms with E-state index in [4.69, 9.17) is 4.74 Å². The lowest BCUT2D eigenvalue weighted by atomic mass is 10.2. The van der Waals surface area contributed by atoms with Gasteiger partial charge in [-0.05, 0) is 26.5 Å². The first-order valence-electron chi connectivity index (χ1n) is 7.45. The molecular formula is C17H28N2O. The van der Waals surface area contributed by atoms with E-state index in [-0.39, 0.29) is 0 Å². The number of hydrogen-bond acceptors (Lipinski definition) is 3. The molecule has 0 radical (unpaired) electrons. The zero-order valence-corrected chi connectivity index (χ0v) is 13.1. The fourth-order valence-electron chi connectivity index (χ4n) is 2.05. The van der Waals surface area contributed by atoms with Crippen molar-refractivity contribution in [2.75, 3.05) is 26.2 Å². The number of nitrogens with one attached hydrogen (secondary N) is 1. The van der Waals surface area contributed by atoms with E-state index in [0.29, 0.717) is 12.6 Å². The van der Waals surface area contributed by atoms with Crippen LogP contribution in [0.5, 0.6) is 5.75 Å². The van der Waals surface area contributed by atoms with Gasteiger partial charge in [-0.1, -0.05) is 31.2 Å². The van der Waals surface area contributed by atoms with Gasteiger partial charge in [0.1, 0.15) is 12.4 Å². The van der Waals surface area contributed by atoms with Crippen LogP contribution in [-0.2, 0) is 6.54 Å². The van der Waals surface area contributed by atoms with Crippen molar-refractivity contribution in [1.29, 1.82) is 0 Å². The lowest BCUT2D eigenvalue weighted by Gasteiger charge is -2.25. The second-order valence-corrected chi connectivity index (χ2v) is 5.11. The van der Waals surface area contributed by atoms with Crippen LogP contribution in [-0.4, -0.2) is 37.2 Å². The van der Waals surface area contributed by atoms with Gasteiger partial charge in [0.2, 0.25) is 0 Å². The summed E-state index contributed by atoms with van der Waals surface area (Å²) < 4.78 is 5.95. The Bertz CT molecular complexity index is 390. The molecule has 1 rings (SSSR count). The topological polar surface area (TPSA) is 24.5 Å². The summed E-state index contributed by atoms with van der Waals surface area (Å²) in [7, 11) is 0. The van der Waals surface area contributed by atoms with Crippen LogP contribution in [0.2, 0.25) is 0 Å². The third kappa shape index (κ3) is 5.76. The number of rotatable bonds is 10. The second kappa shape index (κ2) is 9.56. The van der Waals surface area contributed by atoms with Gasteiger partial charge >= 0.3 is 0 Å². The zero-order valence-electron chi connectivity index (χ0n) is 13.1. The molecule has 0 saturated heterocycles. The van der Waals surface area contributed by atoms with E-state index in [1.165, 1.54) is 5.56 Å². The number of para-hydroxylation sites is 1. The van der Waals surface area contributed by atoms with Crippen LogP contribution >= 0.6 is 0 Å². The van der Waals surface area contributed by atoms with E-state index < -0.39 is 0 Å². The van der Waals surface area contributed by atoms with Gasteiger partial charge < -0.3 is 10.1 Å². The fraction of sp³-hybridized carbons (Fsp3) is 0.529. The molecule has 0 bridgehead atoms. The maximum atomic E-state index is 5.95. The average molecular weight is 276 g/mol. The lowest BCUT2D eigenvalue weighted by molar-refractivity contribution is 0.190. The summed E-state index contributed by atoms with van der Waals surface area (Å²) in [5, 5.41) is 3.34. The SMILES string of the molecule is C=CCN(CCOc1ccccc1CNCC)C(C)C. The largest absolute Gasteiger partial charge is 0.492 e. The third-order valence-corrected chi connectivity index (χ3v) is 3.27. The minimum atomic E-state index is 0.508. The number of hydrogen-bond donors (Lipinski definition) is 1. The van der Waals surface area contributed by atoms with Crippen LogP contribution in [0.15, 0.2) is 36.9 Å². The van der Waals surface area contributed by atoms with Crippen molar-refractivity contribution in [3.05, 3.63) is 42.5 Å². The van der Waals surface area contributed by atoms with Crippen molar-refractivity contribution in [2.24, 2.45) is 0 Å². The molecule has 0 atom stereocenters. The summed E-state index contributed by atoms with van der Waals surface area (Å²) >= 11 is 0. The molecule has 0 unspecified atom stereocenters. The molecular weight excluding hydrogens is 248 g/mol. The molecule has 3 nitrogen and oxygen atoms in total. The Morgan fingerprint density at radius 2 is 2.10 bits per heavy atom. The molecule has 0 spiro atoms. The van der Waals surface area contributed by atoms with Crippen LogP contribution in [0.3, 0.4) is 0 Å². The summed E-state index contributed by atoms with van der Waals surface area (Å²) in [6.45, 7) is 14.7. The normalized spacial score (nSPS) is 11.1. The zero-order chi connectivity index (χ0) is 14.8. The maximum Gasteiger partial charge on any atom is 0.123 e. The highest BCUT2D eigenvalue weighted by atomic mass is 16.5. The highest BCUT2D eigenvalue weighted by molar-refractivity contribution is 5.33. The first-order chi connectivity index (χ1) is 9.69. The lowest BCUT2D eigenvalue weighted by Crippen LogP contribution is -2.34. The molecule has 0 fully saturated rings. The van der Waals surface area contributed by atoms with Gasteiger partial charge in [0.05, 0.1) is 0 Å². The Morgan fingerprint density at radius 1 is 1.35 bits per heavy atom. The molecule has 0 aliphatic carbocycles. The Hall–Kier alpha value is -1.32. The molecule has 0 heterocycles. The third-order valence-electron chi connectivity index (χ3n) is 3.27. The van der Waals surface area contributed by atoms with E-state index in [1.807, 2.05) is 18.2 Å². The Kier molecular flexibility index (Phi) is 8.00. The van der Waals surface area contributed by atoms with Crippen molar-refractivity contribution >= 4 is 0 Å². The van der Waals surface area contributed by atoms with Crippen molar-refractivity contribution in [3.63, 3.8) is 0 Å². The highest BCUT2D eigenvalue weighted by Gasteiger charge is 2.08. The van der Waals surface area contributed by atoms with Crippen molar-refractivity contribution in [2.45, 2.75) is 33.4 Å². The first-order valence-corrected chi connectivity index (χ1v) is 7.45. The summed E-state index contributed by atoms with van der Waals surface area (Å²) in [6.07, 6.45) is 1.94. The first kappa shape index (κ1) is 16.7. The Labute approximate surface area is 123 Å². The van der Waals surface area contributed by atoms with Gasteiger partial charge in [-0.15, -0.1) is 6.58 Å². The molecule has 0 saturated carbocycles. The molecule has 0 aliphatic heterocycles. The van der Waals surface area contributed by atoms with E-state index in [2.05, 4.69) is 49.7 Å². The van der Waals surface area contributed by atoms with E-state index >= 15 is 0 Å². The molecule has 1 aromatic carbocycles. The van der Waals surface area contributed by atoms with E-state index in [0.717, 1.165) is 31.9 Å². The molecule has 1 N–H and O–H groups in total. The van der Waals surface area contributed by atoms with Crippen LogP contribution in [0, 0.1) is 0 Å². The molecule has 20 heavy (non-hydrogen) atoms. The van der Waals surface area contributed by atoms with Crippen molar-refractivity contribution < 1.29 is 4.74 Å². The average Bonchev–Trinajstić information content (AvgIpc) is 2.45. The summed E-state index contributed by atoms with van der Waals surface area (Å²) in [5.74, 6) is 0.982. The minimum absolute atomic E-state index is 0.508. The van der Waals surface area contributed by atoms with Crippen LogP contribution in [0.4, 0.5) is 0 Å². The Balaban J connectivity index is 2.50. The van der Waals surface area contributed by atoms with E-state index in [9.17, 15) is 0 Å². The number of ether oxygens (including phenoxy) is 1. The highest BCUT2D eigenvalue weighted by Crippen LogP contribution is 2.17. The van der Waals surface area contributed by atoms with Crippen LogP contribution in [0.25, 0.3) is 0 Å². The van der Waals surface area contributed by atoms with Crippen molar-refractivity contribution in [1.82, 2.24) is 10.2 Å². The van der Waals surface area contributed by atoms with Gasteiger partial charge in [-0.25, -0.2) is 0 Å². The van der Waals surface area contributed by atoms with Gasteiger partial charge in [0.15, 0.2) is 0 Å². The quantitative estimate of drug-likeness (QED) is 0.665. The standard InChI is InChI=1S/C17H28N2O/c1-5-11-19(15(3)4)12-13-20-17-10-8-7-9-16(17)14-18-6-2/h5,7-10,15,18H,1,6,11-14H2,2-4H3. The summed E-state index contributed by atoms with van der Waals surface area (Å²) in [4.78, 5) is 2.35. The predicted molar refractivity (Wildman–Crippen MR) is 86.2 cm³/mol. The van der Waals surface area contributed by atoms with Crippen LogP contribution in [0.1, 0.15) is 26.3 Å². The minimum Gasteiger partial charge on any atom is -0.492 e. The molecule has 3 heteroatoms. The van der Waals surface area contributed by atoms with Gasteiger partial charge in [-0.3, -0.25) is 4.90 Å². The molecule has 1 aromatic rings. The fourth-order valence-corrected chi connectivity index (χ4v) is 2.05. The summed E-state index contributed by atoms with van der Waals surface area (Å²) in [5.41, 5.74) is 1.22. The number of benzene rings is 1.